The molecule has 8 heteroatoms. The van der Waals surface area contributed by atoms with E-state index in [1.165, 1.54) is 5.56 Å². The van der Waals surface area contributed by atoms with Crippen LogP contribution < -0.4 is 4.90 Å². The lowest BCUT2D eigenvalue weighted by molar-refractivity contribution is 0.0629. The Morgan fingerprint density at radius 3 is 2.09 bits per heavy atom. The van der Waals surface area contributed by atoms with Gasteiger partial charge in [-0.2, -0.15) is 4.31 Å². The highest BCUT2D eigenvalue weighted by Gasteiger charge is 2.31. The van der Waals surface area contributed by atoms with E-state index in [4.69, 9.17) is 0 Å². The molecule has 3 saturated heterocycles. The number of nitrogens with zero attached hydrogens (tertiary/aromatic N) is 4. The van der Waals surface area contributed by atoms with E-state index in [1.54, 1.807) is 16.4 Å². The van der Waals surface area contributed by atoms with E-state index < -0.39 is 10.0 Å². The van der Waals surface area contributed by atoms with E-state index >= 15 is 0 Å². The summed E-state index contributed by atoms with van der Waals surface area (Å²) in [5, 5.41) is 0. The lowest BCUT2D eigenvalue weighted by Crippen LogP contribution is -2.48. The first-order chi connectivity index (χ1) is 17.0. The highest BCUT2D eigenvalue weighted by Crippen LogP contribution is 2.30. The van der Waals surface area contributed by atoms with Gasteiger partial charge in [0.15, 0.2) is 0 Å². The van der Waals surface area contributed by atoms with Crippen molar-refractivity contribution in [3.05, 3.63) is 59.7 Å². The van der Waals surface area contributed by atoms with Crippen LogP contribution in [0.4, 0.5) is 5.69 Å². The summed E-state index contributed by atoms with van der Waals surface area (Å²) < 4.78 is 28.3. The first-order valence-electron chi connectivity index (χ1n) is 13.0. The molecule has 3 fully saturated rings. The molecule has 35 heavy (non-hydrogen) atoms. The maximum atomic E-state index is 13.8. The average molecular weight is 497 g/mol. The fraction of sp³-hybridized carbons (Fsp3) is 0.519. The molecule has 2 aromatic carbocycles. The molecule has 7 nitrogen and oxygen atoms in total. The van der Waals surface area contributed by atoms with E-state index in [1.807, 2.05) is 17.0 Å². The first kappa shape index (κ1) is 24.3. The van der Waals surface area contributed by atoms with Gasteiger partial charge in [-0.15, -0.1) is 0 Å². The van der Waals surface area contributed by atoms with E-state index in [0.29, 0.717) is 31.7 Å². The molecule has 0 atom stereocenters. The van der Waals surface area contributed by atoms with Crippen molar-refractivity contribution < 1.29 is 13.2 Å². The maximum Gasteiger partial charge on any atom is 0.256 e. The molecule has 0 aromatic heterocycles. The van der Waals surface area contributed by atoms with Gasteiger partial charge in [0.1, 0.15) is 0 Å². The highest BCUT2D eigenvalue weighted by atomic mass is 32.2. The van der Waals surface area contributed by atoms with Gasteiger partial charge < -0.3 is 9.80 Å². The van der Waals surface area contributed by atoms with Gasteiger partial charge in [-0.25, -0.2) is 8.42 Å². The van der Waals surface area contributed by atoms with Crippen LogP contribution in [0.3, 0.4) is 0 Å². The Kier molecular flexibility index (Phi) is 7.41. The van der Waals surface area contributed by atoms with Crippen LogP contribution in [0.2, 0.25) is 0 Å². The second kappa shape index (κ2) is 10.7. The summed E-state index contributed by atoms with van der Waals surface area (Å²) in [4.78, 5) is 20.5. The molecule has 3 heterocycles. The predicted octanol–water partition coefficient (Wildman–Crippen LogP) is 3.42. The van der Waals surface area contributed by atoms with E-state index in [-0.39, 0.29) is 10.8 Å². The summed E-state index contributed by atoms with van der Waals surface area (Å²) in [6.07, 6.45) is 5.05. The topological polar surface area (TPSA) is 64.2 Å². The number of benzene rings is 2. The third-order valence-corrected chi connectivity index (χ3v) is 9.40. The Balaban J connectivity index is 1.36. The minimum absolute atomic E-state index is 0.0537. The minimum Gasteiger partial charge on any atom is -0.371 e. The fourth-order valence-corrected chi connectivity index (χ4v) is 7.00. The van der Waals surface area contributed by atoms with E-state index in [0.717, 1.165) is 70.5 Å². The second-order valence-electron chi connectivity index (χ2n) is 9.89. The van der Waals surface area contributed by atoms with Gasteiger partial charge in [-0.05, 0) is 49.4 Å². The molecule has 0 bridgehead atoms. The zero-order valence-electron chi connectivity index (χ0n) is 20.4. The number of carbonyl (C=O) groups excluding carboxylic acids is 1. The van der Waals surface area contributed by atoms with Crippen molar-refractivity contribution in [3.8, 4) is 0 Å². The van der Waals surface area contributed by atoms with Crippen LogP contribution in [-0.4, -0.2) is 80.8 Å². The summed E-state index contributed by atoms with van der Waals surface area (Å²) in [5.41, 5.74) is 2.68. The van der Waals surface area contributed by atoms with Gasteiger partial charge in [0.05, 0.1) is 10.5 Å². The van der Waals surface area contributed by atoms with Crippen LogP contribution in [0.1, 0.15) is 48.0 Å². The third-order valence-electron chi connectivity index (χ3n) is 7.51. The van der Waals surface area contributed by atoms with Gasteiger partial charge in [0, 0.05) is 64.6 Å². The number of piperazine rings is 1. The molecule has 0 saturated carbocycles. The number of hydrogen-bond donors (Lipinski definition) is 0. The highest BCUT2D eigenvalue weighted by molar-refractivity contribution is 7.89. The van der Waals surface area contributed by atoms with Gasteiger partial charge >= 0.3 is 0 Å². The maximum absolute atomic E-state index is 13.8. The number of carbonyl (C=O) groups is 1. The molecule has 0 unspecified atom stereocenters. The quantitative estimate of drug-likeness (QED) is 0.613. The van der Waals surface area contributed by atoms with Crippen LogP contribution >= 0.6 is 0 Å². The fourth-order valence-electron chi connectivity index (χ4n) is 5.46. The van der Waals surface area contributed by atoms with Crippen LogP contribution in [0, 0.1) is 0 Å². The van der Waals surface area contributed by atoms with Crippen molar-refractivity contribution in [2.24, 2.45) is 0 Å². The molecule has 3 aliphatic heterocycles. The Hall–Kier alpha value is -2.42. The molecule has 0 radical (unpaired) electrons. The molecule has 5 rings (SSSR count). The summed E-state index contributed by atoms with van der Waals surface area (Å²) in [6, 6.07) is 15.6. The number of anilines is 1. The number of rotatable bonds is 6. The minimum atomic E-state index is -3.60. The van der Waals surface area contributed by atoms with Crippen LogP contribution in [0.15, 0.2) is 53.4 Å². The molecular formula is C27H36N4O3S. The van der Waals surface area contributed by atoms with Gasteiger partial charge in [-0.3, -0.25) is 9.69 Å². The summed E-state index contributed by atoms with van der Waals surface area (Å²) in [5.74, 6) is -0.0537. The molecule has 0 aliphatic carbocycles. The summed E-state index contributed by atoms with van der Waals surface area (Å²) in [6.45, 7) is 6.73. The van der Waals surface area contributed by atoms with Gasteiger partial charge in [-0.1, -0.05) is 36.8 Å². The van der Waals surface area contributed by atoms with Crippen molar-refractivity contribution in [2.75, 3.05) is 57.3 Å². The molecule has 3 aliphatic rings. The van der Waals surface area contributed by atoms with Gasteiger partial charge in [0.25, 0.3) is 5.91 Å². The molecule has 0 N–H and O–H groups in total. The van der Waals surface area contributed by atoms with Crippen LogP contribution in [-0.2, 0) is 16.6 Å². The normalized spacial score (nSPS) is 20.3. The number of sulfonamides is 1. The van der Waals surface area contributed by atoms with Crippen molar-refractivity contribution >= 4 is 21.6 Å². The smallest absolute Gasteiger partial charge is 0.256 e. The van der Waals surface area contributed by atoms with Crippen LogP contribution in [0.25, 0.3) is 0 Å². The first-order valence-corrected chi connectivity index (χ1v) is 14.4. The van der Waals surface area contributed by atoms with Gasteiger partial charge in [0.2, 0.25) is 10.0 Å². The monoisotopic (exact) mass is 496 g/mol. The summed E-state index contributed by atoms with van der Waals surface area (Å²) in [7, 11) is -3.60. The molecular weight excluding hydrogens is 460 g/mol. The zero-order chi connectivity index (χ0) is 24.3. The van der Waals surface area contributed by atoms with Crippen molar-refractivity contribution in [1.82, 2.24) is 14.1 Å². The lowest BCUT2D eigenvalue weighted by Gasteiger charge is -2.35. The molecule has 188 valence electrons. The Labute approximate surface area is 209 Å². The Morgan fingerprint density at radius 1 is 0.743 bits per heavy atom. The van der Waals surface area contributed by atoms with Crippen LogP contribution in [0.5, 0.6) is 0 Å². The Morgan fingerprint density at radius 2 is 1.40 bits per heavy atom. The summed E-state index contributed by atoms with van der Waals surface area (Å²) >= 11 is 0. The number of hydrogen-bond acceptors (Lipinski definition) is 5. The second-order valence-corrected chi connectivity index (χ2v) is 11.8. The lowest BCUT2D eigenvalue weighted by atomic mass is 10.1. The standard InChI is InChI=1S/C27H36N4O3S/c32-27(30-19-17-28(18-20-30)22-23-9-3-1-4-10-23)25-21-24(11-12-26(25)29-13-7-8-14-29)35(33,34)31-15-5-2-6-16-31/h1,3-4,9-12,21H,2,5-8,13-20,22H2. The van der Waals surface area contributed by atoms with Crippen molar-refractivity contribution in [2.45, 2.75) is 43.5 Å². The SMILES string of the molecule is O=C(c1cc(S(=O)(=O)N2CCCCC2)ccc1N1CCCC1)N1CCN(Cc2ccccc2)CC1. The number of amides is 1. The molecule has 0 spiro atoms. The van der Waals surface area contributed by atoms with E-state index in [2.05, 4.69) is 34.1 Å². The Bertz CT molecular complexity index is 1120. The van der Waals surface area contributed by atoms with Crippen molar-refractivity contribution in [3.63, 3.8) is 0 Å². The average Bonchev–Trinajstić information content (AvgIpc) is 3.44. The predicted molar refractivity (Wildman–Crippen MR) is 138 cm³/mol. The largest absolute Gasteiger partial charge is 0.371 e. The van der Waals surface area contributed by atoms with Crippen molar-refractivity contribution in [1.29, 1.82) is 0 Å². The zero-order valence-corrected chi connectivity index (χ0v) is 21.3. The third kappa shape index (κ3) is 5.39. The van der Waals surface area contributed by atoms with E-state index in [9.17, 15) is 13.2 Å². The molecule has 2 aromatic rings. The number of piperidine rings is 1. The molecule has 1 amide bonds.